The van der Waals surface area contributed by atoms with Crippen molar-refractivity contribution in [1.29, 1.82) is 0 Å². The van der Waals surface area contributed by atoms with Crippen molar-refractivity contribution >= 4 is 70.9 Å². The highest BCUT2D eigenvalue weighted by Gasteiger charge is 2.18. The van der Waals surface area contributed by atoms with Crippen LogP contribution in [0.1, 0.15) is 0 Å². The number of benzene rings is 11. The van der Waals surface area contributed by atoms with Crippen LogP contribution in [0.2, 0.25) is 0 Å². The van der Waals surface area contributed by atoms with Gasteiger partial charge in [0.05, 0.1) is 5.69 Å². The van der Waals surface area contributed by atoms with E-state index in [4.69, 9.17) is 0 Å². The minimum Gasteiger partial charge on any atom is -0.310 e. The highest BCUT2D eigenvalue weighted by atomic mass is 15.1. The van der Waals surface area contributed by atoms with Crippen LogP contribution < -0.4 is 4.90 Å². The summed E-state index contributed by atoms with van der Waals surface area (Å²) in [5, 5.41) is 12.7. The molecule has 0 aliphatic rings. The van der Waals surface area contributed by atoms with Crippen LogP contribution in [0.25, 0.3) is 87.2 Å². The summed E-state index contributed by atoms with van der Waals surface area (Å²) in [5.74, 6) is 0. The van der Waals surface area contributed by atoms with Gasteiger partial charge >= 0.3 is 0 Å². The van der Waals surface area contributed by atoms with E-state index in [1.807, 2.05) is 0 Å². The molecule has 0 spiro atoms. The smallest absolute Gasteiger partial charge is 0.0540 e. The van der Waals surface area contributed by atoms with E-state index >= 15 is 0 Å². The quantitative estimate of drug-likeness (QED) is 0.154. The Balaban J connectivity index is 1.02. The van der Waals surface area contributed by atoms with E-state index < -0.39 is 0 Å². The van der Waals surface area contributed by atoms with Gasteiger partial charge in [0, 0.05) is 16.9 Å². The van der Waals surface area contributed by atoms with Gasteiger partial charge in [-0.15, -0.1) is 0 Å². The number of para-hydroxylation sites is 1. The van der Waals surface area contributed by atoms with Gasteiger partial charge in [-0.05, 0) is 124 Å². The predicted molar refractivity (Wildman–Crippen MR) is 245 cm³/mol. The highest BCUT2D eigenvalue weighted by molar-refractivity contribution is 6.18. The van der Waals surface area contributed by atoms with Gasteiger partial charge in [-0.3, -0.25) is 0 Å². The molecule has 57 heavy (non-hydrogen) atoms. The van der Waals surface area contributed by atoms with Crippen LogP contribution in [0, 0.1) is 0 Å². The molecule has 0 aliphatic heterocycles. The third-order valence-corrected chi connectivity index (χ3v) is 11.6. The van der Waals surface area contributed by atoms with Gasteiger partial charge in [0.15, 0.2) is 0 Å². The number of rotatable bonds is 6. The Morgan fingerprint density at radius 1 is 0.228 bits per heavy atom. The molecule has 11 aromatic rings. The van der Waals surface area contributed by atoms with Crippen molar-refractivity contribution in [2.75, 3.05) is 4.90 Å². The summed E-state index contributed by atoms with van der Waals surface area (Å²) in [6.07, 6.45) is 0. The van der Waals surface area contributed by atoms with Crippen molar-refractivity contribution in [3.05, 3.63) is 224 Å². The Bertz CT molecular complexity index is 3270. The van der Waals surface area contributed by atoms with Gasteiger partial charge < -0.3 is 4.90 Å². The van der Waals surface area contributed by atoms with E-state index in [-0.39, 0.29) is 0 Å². The Morgan fingerprint density at radius 2 is 0.702 bits per heavy atom. The van der Waals surface area contributed by atoms with Crippen LogP contribution in [0.4, 0.5) is 17.1 Å². The molecular formula is C56H37N. The van der Waals surface area contributed by atoms with Crippen LogP contribution in [0.3, 0.4) is 0 Å². The zero-order valence-electron chi connectivity index (χ0n) is 31.3. The average Bonchev–Trinajstić information content (AvgIpc) is 3.29. The van der Waals surface area contributed by atoms with Crippen LogP contribution in [0.15, 0.2) is 224 Å². The van der Waals surface area contributed by atoms with Crippen molar-refractivity contribution in [2.45, 2.75) is 0 Å². The molecule has 0 unspecified atom stereocenters. The summed E-state index contributed by atoms with van der Waals surface area (Å²) in [7, 11) is 0. The Labute approximate surface area is 332 Å². The number of fused-ring (bicyclic) bond motifs is 8. The van der Waals surface area contributed by atoms with Crippen LogP contribution in [0.5, 0.6) is 0 Å². The SMILES string of the molecule is c1ccc(-c2ccccc2N(c2ccc(-c3ccc4ccc5c6ccccc6ccc5c4c3)cc2)c2ccc(-c3cc4ccccc4c4ccccc34)cc2)cc1. The van der Waals surface area contributed by atoms with E-state index in [0.29, 0.717) is 0 Å². The summed E-state index contributed by atoms with van der Waals surface area (Å²) in [6, 6.07) is 82.0. The van der Waals surface area contributed by atoms with E-state index in [1.165, 1.54) is 87.2 Å². The Morgan fingerprint density at radius 3 is 1.44 bits per heavy atom. The fraction of sp³-hybridized carbons (Fsp3) is 0. The van der Waals surface area contributed by atoms with E-state index in [1.54, 1.807) is 0 Å². The molecule has 0 atom stereocenters. The first-order chi connectivity index (χ1) is 28.3. The van der Waals surface area contributed by atoms with Gasteiger partial charge in [-0.1, -0.05) is 182 Å². The van der Waals surface area contributed by atoms with Gasteiger partial charge in [-0.25, -0.2) is 0 Å². The largest absolute Gasteiger partial charge is 0.310 e. The fourth-order valence-electron chi connectivity index (χ4n) is 8.84. The van der Waals surface area contributed by atoms with Gasteiger partial charge in [0.25, 0.3) is 0 Å². The molecule has 0 heterocycles. The standard InChI is InChI=1S/C56H37N/c1-2-12-39(13-3-1)49-18-10-11-21-56(49)57(46-32-26-42(27-33-46)55-37-44-15-5-7-17-48(44)50-19-8-9-20-51(50)55)45-30-24-38(25-31-45)43-23-22-41-29-34-52-47-16-6-4-14-40(47)28-35-53(52)54(41)36-43/h1-37H. The second-order valence-electron chi connectivity index (χ2n) is 14.9. The lowest BCUT2D eigenvalue weighted by molar-refractivity contribution is 1.28. The Hall–Kier alpha value is -7.48. The first-order valence-corrected chi connectivity index (χ1v) is 19.7. The first kappa shape index (κ1) is 32.9. The molecule has 0 saturated heterocycles. The first-order valence-electron chi connectivity index (χ1n) is 19.7. The number of nitrogens with zero attached hydrogens (tertiary/aromatic N) is 1. The molecule has 0 radical (unpaired) electrons. The normalized spacial score (nSPS) is 11.5. The lowest BCUT2D eigenvalue weighted by atomic mass is 9.93. The molecule has 0 saturated carbocycles. The second kappa shape index (κ2) is 13.7. The molecule has 0 aliphatic carbocycles. The summed E-state index contributed by atoms with van der Waals surface area (Å²) in [6.45, 7) is 0. The van der Waals surface area contributed by atoms with Gasteiger partial charge in [0.2, 0.25) is 0 Å². The summed E-state index contributed by atoms with van der Waals surface area (Å²) in [4.78, 5) is 2.40. The highest BCUT2D eigenvalue weighted by Crippen LogP contribution is 2.43. The maximum Gasteiger partial charge on any atom is 0.0540 e. The topological polar surface area (TPSA) is 3.24 Å². The number of anilines is 3. The molecule has 1 heteroatoms. The van der Waals surface area contributed by atoms with E-state index in [0.717, 1.165) is 17.1 Å². The zero-order chi connectivity index (χ0) is 37.7. The van der Waals surface area contributed by atoms with Crippen molar-refractivity contribution in [2.24, 2.45) is 0 Å². The van der Waals surface area contributed by atoms with E-state index in [2.05, 4.69) is 229 Å². The molecule has 0 N–H and O–H groups in total. The van der Waals surface area contributed by atoms with Crippen molar-refractivity contribution in [3.63, 3.8) is 0 Å². The van der Waals surface area contributed by atoms with Crippen LogP contribution in [-0.4, -0.2) is 0 Å². The minimum absolute atomic E-state index is 1.10. The summed E-state index contributed by atoms with van der Waals surface area (Å²) in [5.41, 5.74) is 10.5. The number of hydrogen-bond donors (Lipinski definition) is 0. The summed E-state index contributed by atoms with van der Waals surface area (Å²) < 4.78 is 0. The summed E-state index contributed by atoms with van der Waals surface area (Å²) >= 11 is 0. The molecule has 1 nitrogen and oxygen atoms in total. The van der Waals surface area contributed by atoms with Crippen molar-refractivity contribution in [3.8, 4) is 33.4 Å². The van der Waals surface area contributed by atoms with Gasteiger partial charge in [-0.2, -0.15) is 0 Å². The van der Waals surface area contributed by atoms with Gasteiger partial charge in [0.1, 0.15) is 0 Å². The Kier molecular flexibility index (Phi) is 7.89. The fourth-order valence-corrected chi connectivity index (χ4v) is 8.84. The lowest BCUT2D eigenvalue weighted by Crippen LogP contribution is -2.11. The second-order valence-corrected chi connectivity index (χ2v) is 14.9. The lowest BCUT2D eigenvalue weighted by Gasteiger charge is -2.28. The maximum absolute atomic E-state index is 2.40. The minimum atomic E-state index is 1.10. The molecule has 0 aromatic heterocycles. The van der Waals surface area contributed by atoms with Crippen molar-refractivity contribution < 1.29 is 0 Å². The molecule has 0 bridgehead atoms. The number of hydrogen-bond acceptors (Lipinski definition) is 1. The third-order valence-electron chi connectivity index (χ3n) is 11.6. The third kappa shape index (κ3) is 5.72. The molecular weight excluding hydrogens is 687 g/mol. The molecule has 11 aromatic carbocycles. The maximum atomic E-state index is 2.40. The molecule has 0 fully saturated rings. The molecule has 0 amide bonds. The van der Waals surface area contributed by atoms with Crippen LogP contribution in [-0.2, 0) is 0 Å². The van der Waals surface area contributed by atoms with Crippen LogP contribution >= 0.6 is 0 Å². The monoisotopic (exact) mass is 723 g/mol. The van der Waals surface area contributed by atoms with E-state index in [9.17, 15) is 0 Å². The molecule has 11 rings (SSSR count). The average molecular weight is 724 g/mol. The van der Waals surface area contributed by atoms with Crippen molar-refractivity contribution in [1.82, 2.24) is 0 Å². The zero-order valence-corrected chi connectivity index (χ0v) is 31.3. The predicted octanol–water partition coefficient (Wildman–Crippen LogP) is 15.9. The molecule has 266 valence electrons.